The molecule has 0 heterocycles. The van der Waals surface area contributed by atoms with Crippen LogP contribution in [0.5, 0.6) is 0 Å². The van der Waals surface area contributed by atoms with Gasteiger partial charge in [-0.3, -0.25) is 0 Å². The second-order valence-electron chi connectivity index (χ2n) is 5.13. The molecule has 1 N–H and O–H groups in total. The van der Waals surface area contributed by atoms with E-state index in [1.165, 1.54) is 12.1 Å². The second kappa shape index (κ2) is 5.92. The van der Waals surface area contributed by atoms with Gasteiger partial charge in [0.1, 0.15) is 0 Å². The summed E-state index contributed by atoms with van der Waals surface area (Å²) in [5.41, 5.74) is -0.412. The molecule has 108 valence electrons. The molecular formula is C14H20F3NO. The number of hydrogen-bond acceptors (Lipinski definition) is 2. The lowest BCUT2D eigenvalue weighted by molar-refractivity contribution is -0.137. The molecule has 0 spiro atoms. The summed E-state index contributed by atoms with van der Waals surface area (Å²) in [6, 6.07) is 5.21. The highest BCUT2D eigenvalue weighted by Gasteiger charge is 2.31. The van der Waals surface area contributed by atoms with Gasteiger partial charge in [-0.25, -0.2) is 0 Å². The third-order valence-corrected chi connectivity index (χ3v) is 3.21. The Morgan fingerprint density at radius 2 is 1.89 bits per heavy atom. The van der Waals surface area contributed by atoms with Gasteiger partial charge >= 0.3 is 6.18 Å². The normalized spacial score (nSPS) is 14.5. The molecule has 0 aliphatic carbocycles. The predicted molar refractivity (Wildman–Crippen MR) is 68.9 cm³/mol. The molecule has 1 atom stereocenters. The van der Waals surface area contributed by atoms with E-state index in [0.717, 1.165) is 6.07 Å². The maximum Gasteiger partial charge on any atom is 0.416 e. The molecule has 1 unspecified atom stereocenters. The first-order valence-corrected chi connectivity index (χ1v) is 6.09. The Hall–Kier alpha value is -1.07. The average Bonchev–Trinajstić information content (AvgIpc) is 2.35. The summed E-state index contributed by atoms with van der Waals surface area (Å²) >= 11 is 0. The Morgan fingerprint density at radius 1 is 1.26 bits per heavy atom. The van der Waals surface area contributed by atoms with Gasteiger partial charge in [-0.2, -0.15) is 13.2 Å². The van der Waals surface area contributed by atoms with Crippen molar-refractivity contribution in [2.45, 2.75) is 38.1 Å². The summed E-state index contributed by atoms with van der Waals surface area (Å²) in [6.45, 7) is 3.82. The third kappa shape index (κ3) is 4.51. The number of benzene rings is 1. The van der Waals surface area contributed by atoms with Crippen LogP contribution in [0.25, 0.3) is 0 Å². The molecule has 0 saturated heterocycles. The molecule has 0 amide bonds. The van der Waals surface area contributed by atoms with Crippen LogP contribution in [0.4, 0.5) is 13.2 Å². The SMILES string of the molecule is CNC(CC(C)(C)OC)c1cccc(C(F)(F)F)c1. The monoisotopic (exact) mass is 275 g/mol. The van der Waals surface area contributed by atoms with Gasteiger partial charge in [-0.05, 0) is 45.0 Å². The van der Waals surface area contributed by atoms with Crippen LogP contribution in [0.2, 0.25) is 0 Å². The molecule has 0 radical (unpaired) electrons. The molecule has 0 saturated carbocycles. The summed E-state index contributed by atoms with van der Waals surface area (Å²) in [7, 11) is 3.33. The van der Waals surface area contributed by atoms with Crippen LogP contribution in [-0.4, -0.2) is 19.8 Å². The number of rotatable bonds is 5. The van der Waals surface area contributed by atoms with E-state index in [4.69, 9.17) is 4.74 Å². The smallest absolute Gasteiger partial charge is 0.379 e. The largest absolute Gasteiger partial charge is 0.416 e. The Labute approximate surface area is 112 Å². The molecular weight excluding hydrogens is 255 g/mol. The molecule has 0 bridgehead atoms. The number of alkyl halides is 3. The fraction of sp³-hybridized carbons (Fsp3) is 0.571. The highest BCUT2D eigenvalue weighted by Crippen LogP contribution is 2.32. The topological polar surface area (TPSA) is 21.3 Å². The third-order valence-electron chi connectivity index (χ3n) is 3.21. The Kier molecular flexibility index (Phi) is 4.98. The lowest BCUT2D eigenvalue weighted by atomic mass is 9.93. The fourth-order valence-corrected chi connectivity index (χ4v) is 1.89. The summed E-state index contributed by atoms with van der Waals surface area (Å²) in [5, 5.41) is 3.04. The molecule has 19 heavy (non-hydrogen) atoms. The van der Waals surface area contributed by atoms with Crippen molar-refractivity contribution < 1.29 is 17.9 Å². The van der Waals surface area contributed by atoms with Gasteiger partial charge in [-0.1, -0.05) is 12.1 Å². The van der Waals surface area contributed by atoms with E-state index in [2.05, 4.69) is 5.32 Å². The number of methoxy groups -OCH3 is 1. The van der Waals surface area contributed by atoms with Crippen molar-refractivity contribution >= 4 is 0 Å². The van der Waals surface area contributed by atoms with Crippen LogP contribution in [0, 0.1) is 0 Å². The summed E-state index contributed by atoms with van der Waals surface area (Å²) in [5.74, 6) is 0. The van der Waals surface area contributed by atoms with Crippen molar-refractivity contribution in [2.24, 2.45) is 0 Å². The van der Waals surface area contributed by atoms with E-state index in [0.29, 0.717) is 12.0 Å². The molecule has 1 aromatic carbocycles. The second-order valence-corrected chi connectivity index (χ2v) is 5.13. The van der Waals surface area contributed by atoms with Crippen molar-refractivity contribution in [1.82, 2.24) is 5.32 Å². The van der Waals surface area contributed by atoms with Crippen LogP contribution < -0.4 is 5.32 Å². The highest BCUT2D eigenvalue weighted by atomic mass is 19.4. The predicted octanol–water partition coefficient (Wildman–Crippen LogP) is 3.78. The zero-order valence-corrected chi connectivity index (χ0v) is 11.6. The molecule has 1 rings (SSSR count). The number of nitrogens with one attached hydrogen (secondary N) is 1. The average molecular weight is 275 g/mol. The van der Waals surface area contributed by atoms with Gasteiger partial charge in [0.25, 0.3) is 0 Å². The van der Waals surface area contributed by atoms with E-state index in [-0.39, 0.29) is 6.04 Å². The maximum atomic E-state index is 12.7. The number of hydrogen-bond donors (Lipinski definition) is 1. The van der Waals surface area contributed by atoms with Gasteiger partial charge in [0.2, 0.25) is 0 Å². The zero-order valence-electron chi connectivity index (χ0n) is 11.6. The summed E-state index contributed by atoms with van der Waals surface area (Å²) in [4.78, 5) is 0. The van der Waals surface area contributed by atoms with Crippen molar-refractivity contribution in [1.29, 1.82) is 0 Å². The quantitative estimate of drug-likeness (QED) is 0.883. The van der Waals surface area contributed by atoms with Gasteiger partial charge < -0.3 is 10.1 Å². The van der Waals surface area contributed by atoms with E-state index >= 15 is 0 Å². The standard InChI is InChI=1S/C14H20F3NO/c1-13(2,19-4)9-12(18-3)10-6-5-7-11(8-10)14(15,16)17/h5-8,12,18H,9H2,1-4H3. The van der Waals surface area contributed by atoms with Crippen LogP contribution in [0.3, 0.4) is 0 Å². The molecule has 2 nitrogen and oxygen atoms in total. The molecule has 5 heteroatoms. The van der Waals surface area contributed by atoms with Gasteiger partial charge in [0.15, 0.2) is 0 Å². The fourth-order valence-electron chi connectivity index (χ4n) is 1.89. The van der Waals surface area contributed by atoms with Crippen molar-refractivity contribution in [2.75, 3.05) is 14.2 Å². The van der Waals surface area contributed by atoms with Crippen LogP contribution in [0.1, 0.15) is 37.4 Å². The first-order valence-electron chi connectivity index (χ1n) is 6.09. The Bertz CT molecular complexity index is 415. The van der Waals surface area contributed by atoms with E-state index in [9.17, 15) is 13.2 Å². The minimum atomic E-state index is -4.31. The van der Waals surface area contributed by atoms with Gasteiger partial charge in [0, 0.05) is 13.2 Å². The maximum absolute atomic E-state index is 12.7. The number of ether oxygens (including phenoxy) is 1. The van der Waals surface area contributed by atoms with Crippen LogP contribution >= 0.6 is 0 Å². The Morgan fingerprint density at radius 3 is 2.37 bits per heavy atom. The van der Waals surface area contributed by atoms with Crippen molar-refractivity contribution in [3.05, 3.63) is 35.4 Å². The van der Waals surface area contributed by atoms with Gasteiger partial charge in [0.05, 0.1) is 11.2 Å². The zero-order chi connectivity index (χ0) is 14.7. The Balaban J connectivity index is 3.00. The van der Waals surface area contributed by atoms with E-state index < -0.39 is 17.3 Å². The summed E-state index contributed by atoms with van der Waals surface area (Å²) < 4.78 is 43.4. The van der Waals surface area contributed by atoms with Crippen LogP contribution in [0.15, 0.2) is 24.3 Å². The molecule has 0 aliphatic rings. The van der Waals surface area contributed by atoms with Crippen LogP contribution in [-0.2, 0) is 10.9 Å². The lowest BCUT2D eigenvalue weighted by Crippen LogP contribution is -2.30. The van der Waals surface area contributed by atoms with E-state index in [1.54, 1.807) is 20.2 Å². The van der Waals surface area contributed by atoms with Crippen molar-refractivity contribution in [3.8, 4) is 0 Å². The molecule has 0 fully saturated rings. The lowest BCUT2D eigenvalue weighted by Gasteiger charge is -2.29. The van der Waals surface area contributed by atoms with Gasteiger partial charge in [-0.15, -0.1) is 0 Å². The molecule has 1 aromatic rings. The first kappa shape index (κ1) is 16.0. The number of halogens is 3. The molecule has 0 aromatic heterocycles. The minimum Gasteiger partial charge on any atom is -0.379 e. The highest BCUT2D eigenvalue weighted by molar-refractivity contribution is 5.28. The van der Waals surface area contributed by atoms with Crippen molar-refractivity contribution in [3.63, 3.8) is 0 Å². The summed E-state index contributed by atoms with van der Waals surface area (Å²) in [6.07, 6.45) is -3.73. The van der Waals surface area contributed by atoms with E-state index in [1.807, 2.05) is 13.8 Å². The molecule has 0 aliphatic heterocycles. The minimum absolute atomic E-state index is 0.183. The first-order chi connectivity index (χ1) is 8.69.